The van der Waals surface area contributed by atoms with Crippen LogP contribution in [-0.4, -0.2) is 40.6 Å². The molecule has 6 rings (SSSR count). The van der Waals surface area contributed by atoms with Crippen molar-refractivity contribution in [2.24, 2.45) is 0 Å². The Labute approximate surface area is 255 Å². The van der Waals surface area contributed by atoms with Gasteiger partial charge in [0.1, 0.15) is 35.3 Å². The Bertz CT molecular complexity index is 1570. The van der Waals surface area contributed by atoms with Gasteiger partial charge in [-0.25, -0.2) is 9.97 Å². The van der Waals surface area contributed by atoms with Gasteiger partial charge >= 0.3 is 0 Å². The zero-order valence-electron chi connectivity index (χ0n) is 23.7. The zero-order valence-corrected chi connectivity index (χ0v) is 25.4. The average Bonchev–Trinajstić information content (AvgIpc) is 3.59. The Morgan fingerprint density at radius 1 is 0.833 bits per heavy atom. The summed E-state index contributed by atoms with van der Waals surface area (Å²) >= 11 is 3.25. The molecule has 0 aliphatic carbocycles. The Hall–Kier alpha value is -3.11. The van der Waals surface area contributed by atoms with Gasteiger partial charge in [-0.1, -0.05) is 91.0 Å². The highest BCUT2D eigenvalue weighted by atomic mass is 32.2. The molecular weight excluding hydrogens is 565 g/mol. The van der Waals surface area contributed by atoms with Gasteiger partial charge < -0.3 is 18.9 Å². The summed E-state index contributed by atoms with van der Waals surface area (Å²) in [6.07, 6.45) is 2.49. The first-order valence-corrected chi connectivity index (χ1v) is 16.1. The van der Waals surface area contributed by atoms with E-state index in [-0.39, 0.29) is 6.10 Å². The normalized spacial score (nSPS) is 22.1. The number of ether oxygens (including phenoxy) is 4. The third-order valence-corrected chi connectivity index (χ3v) is 9.34. The maximum atomic E-state index is 6.90. The quantitative estimate of drug-likeness (QED) is 0.108. The number of hydrogen-bond donors (Lipinski definition) is 0. The third-order valence-electron chi connectivity index (χ3n) is 7.61. The number of aromatic nitrogens is 2. The van der Waals surface area contributed by atoms with E-state index >= 15 is 0 Å². The van der Waals surface area contributed by atoms with Crippen LogP contribution in [0.3, 0.4) is 0 Å². The van der Waals surface area contributed by atoms with E-state index in [1.165, 1.54) is 0 Å². The fourth-order valence-corrected chi connectivity index (χ4v) is 7.19. The molecule has 0 N–H and O–H groups in total. The molecule has 1 aliphatic rings. The Balaban J connectivity index is 1.34. The van der Waals surface area contributed by atoms with Crippen molar-refractivity contribution in [3.8, 4) is 0 Å². The molecule has 1 aliphatic heterocycles. The summed E-state index contributed by atoms with van der Waals surface area (Å²) in [6.45, 7) is 3.82. The Morgan fingerprint density at radius 3 is 2.10 bits per heavy atom. The number of nitrogens with zero attached hydrogens (tertiary/aromatic N) is 2. The lowest BCUT2D eigenvalue weighted by atomic mass is 9.90. The molecule has 0 spiro atoms. The first-order chi connectivity index (χ1) is 20.7. The van der Waals surface area contributed by atoms with Gasteiger partial charge in [0, 0.05) is 10.8 Å². The number of benzene rings is 3. The van der Waals surface area contributed by atoms with E-state index in [0.717, 1.165) is 37.5 Å². The van der Waals surface area contributed by atoms with E-state index in [0.29, 0.717) is 26.4 Å². The third kappa shape index (κ3) is 6.29. The fourth-order valence-electron chi connectivity index (χ4n) is 5.43. The minimum atomic E-state index is -0.826. The van der Waals surface area contributed by atoms with Crippen LogP contribution in [0.15, 0.2) is 108 Å². The molecule has 216 valence electrons. The maximum Gasteiger partial charge on any atom is 0.126 e. The van der Waals surface area contributed by atoms with Crippen molar-refractivity contribution in [3.63, 3.8) is 0 Å². The van der Waals surface area contributed by atoms with Crippen LogP contribution in [0.5, 0.6) is 0 Å². The maximum absolute atomic E-state index is 6.90. The summed E-state index contributed by atoms with van der Waals surface area (Å²) in [5.74, 6) is 0. The van der Waals surface area contributed by atoms with Crippen LogP contribution in [0.25, 0.3) is 10.9 Å². The van der Waals surface area contributed by atoms with Crippen LogP contribution in [0.2, 0.25) is 0 Å². The first-order valence-electron chi connectivity index (χ1n) is 14.0. The molecule has 4 unspecified atom stereocenters. The monoisotopic (exact) mass is 598 g/mol. The number of rotatable bonds is 12. The van der Waals surface area contributed by atoms with Gasteiger partial charge in [0.25, 0.3) is 0 Å². The van der Waals surface area contributed by atoms with E-state index in [9.17, 15) is 0 Å². The second-order valence-corrected chi connectivity index (χ2v) is 12.2. The van der Waals surface area contributed by atoms with Crippen molar-refractivity contribution in [3.05, 3.63) is 124 Å². The molecule has 3 heterocycles. The minimum Gasteiger partial charge on any atom is -0.374 e. The predicted octanol–water partition coefficient (Wildman–Crippen LogP) is 7.63. The topological polar surface area (TPSA) is 62.7 Å². The summed E-state index contributed by atoms with van der Waals surface area (Å²) in [5.41, 5.74) is 3.36. The molecule has 0 bridgehead atoms. The Morgan fingerprint density at radius 2 is 1.45 bits per heavy atom. The lowest BCUT2D eigenvalue weighted by Gasteiger charge is -2.35. The van der Waals surface area contributed by atoms with Crippen molar-refractivity contribution >= 4 is 34.0 Å². The zero-order chi connectivity index (χ0) is 28.8. The lowest BCUT2D eigenvalue weighted by molar-refractivity contribution is -0.147. The molecule has 6 nitrogen and oxygen atoms in total. The van der Waals surface area contributed by atoms with Crippen LogP contribution in [0.1, 0.15) is 34.6 Å². The first kappa shape index (κ1) is 29.0. The molecular formula is C34H34N2O4S2. The summed E-state index contributed by atoms with van der Waals surface area (Å²) in [6, 6.07) is 30.6. The summed E-state index contributed by atoms with van der Waals surface area (Å²) in [5, 5.41) is 4.10. The average molecular weight is 599 g/mol. The molecule has 0 saturated carbocycles. The van der Waals surface area contributed by atoms with Gasteiger partial charge in [0.2, 0.25) is 0 Å². The van der Waals surface area contributed by atoms with Crippen LogP contribution in [0.4, 0.5) is 0 Å². The minimum absolute atomic E-state index is 0.359. The van der Waals surface area contributed by atoms with Gasteiger partial charge in [-0.05, 0) is 29.9 Å². The SMILES string of the molecule is CSc1ncnc2c(C3OC(COCc4ccccc4)C(OCc4ccccc4)C3(C)OCc3ccccc3)scc12. The second kappa shape index (κ2) is 13.5. The molecule has 8 heteroatoms. The highest BCUT2D eigenvalue weighted by Gasteiger charge is 2.57. The van der Waals surface area contributed by atoms with Gasteiger partial charge in [0.05, 0.1) is 36.8 Å². The lowest BCUT2D eigenvalue weighted by Crippen LogP contribution is -2.47. The highest BCUT2D eigenvalue weighted by molar-refractivity contribution is 7.98. The van der Waals surface area contributed by atoms with Crippen LogP contribution in [0, 0.1) is 0 Å². The molecule has 0 radical (unpaired) electrons. The van der Waals surface area contributed by atoms with Crippen LogP contribution in [-0.2, 0) is 38.8 Å². The molecule has 0 amide bonds. The summed E-state index contributed by atoms with van der Waals surface area (Å²) < 4.78 is 26.7. The van der Waals surface area contributed by atoms with Crippen molar-refractivity contribution in [1.82, 2.24) is 9.97 Å². The standard InChI is InChI=1S/C34H34N2O4S2/c1-34(39-20-26-16-10-5-11-17-26)31(38-19-25-14-8-4-9-15-25)28(21-37-18-24-12-6-3-7-13-24)40-32(34)30-29-27(22-42-30)33(41-2)36-23-35-29/h3-17,22-23,28,31-32H,18-21H2,1-2H3. The largest absolute Gasteiger partial charge is 0.374 e. The second-order valence-electron chi connectivity index (χ2n) is 10.5. The molecule has 42 heavy (non-hydrogen) atoms. The summed E-state index contributed by atoms with van der Waals surface area (Å²) in [4.78, 5) is 10.2. The molecule has 1 saturated heterocycles. The van der Waals surface area contributed by atoms with Crippen molar-refractivity contribution in [2.45, 2.75) is 55.7 Å². The van der Waals surface area contributed by atoms with Crippen molar-refractivity contribution < 1.29 is 18.9 Å². The molecule has 1 fully saturated rings. The molecule has 5 aromatic rings. The van der Waals surface area contributed by atoms with Crippen LogP contribution < -0.4 is 0 Å². The molecule has 3 aromatic carbocycles. The molecule has 4 atom stereocenters. The van der Waals surface area contributed by atoms with Crippen LogP contribution >= 0.6 is 23.1 Å². The van der Waals surface area contributed by atoms with Crippen molar-refractivity contribution in [1.29, 1.82) is 0 Å². The highest BCUT2D eigenvalue weighted by Crippen LogP contribution is 2.50. The fraction of sp³-hybridized carbons (Fsp3) is 0.294. The van der Waals surface area contributed by atoms with E-state index in [1.807, 2.05) is 60.9 Å². The molecule has 2 aromatic heterocycles. The van der Waals surface area contributed by atoms with Crippen molar-refractivity contribution in [2.75, 3.05) is 12.9 Å². The Kier molecular flexibility index (Phi) is 9.29. The number of thioether (sulfide) groups is 1. The van der Waals surface area contributed by atoms with E-state index in [2.05, 4.69) is 53.7 Å². The van der Waals surface area contributed by atoms with Gasteiger partial charge in [-0.2, -0.15) is 0 Å². The van der Waals surface area contributed by atoms with Gasteiger partial charge in [-0.15, -0.1) is 23.1 Å². The predicted molar refractivity (Wildman–Crippen MR) is 168 cm³/mol. The number of hydrogen-bond acceptors (Lipinski definition) is 8. The van der Waals surface area contributed by atoms with E-state index in [4.69, 9.17) is 23.9 Å². The van der Waals surface area contributed by atoms with Gasteiger partial charge in [-0.3, -0.25) is 0 Å². The van der Waals surface area contributed by atoms with E-state index < -0.39 is 17.8 Å². The van der Waals surface area contributed by atoms with Gasteiger partial charge in [0.15, 0.2) is 0 Å². The summed E-state index contributed by atoms with van der Waals surface area (Å²) in [7, 11) is 0. The van der Waals surface area contributed by atoms with E-state index in [1.54, 1.807) is 29.4 Å². The number of thiophene rings is 1. The smallest absolute Gasteiger partial charge is 0.126 e. The number of fused-ring (bicyclic) bond motifs is 1.